The highest BCUT2D eigenvalue weighted by Gasteiger charge is 2.33. The summed E-state index contributed by atoms with van der Waals surface area (Å²) in [6, 6.07) is 2.39. The lowest BCUT2D eigenvalue weighted by Crippen LogP contribution is -2.43. The minimum absolute atomic E-state index is 0.247. The Morgan fingerprint density at radius 1 is 1.00 bits per heavy atom. The van der Waals surface area contributed by atoms with Gasteiger partial charge in [-0.2, -0.15) is 0 Å². The van der Waals surface area contributed by atoms with Gasteiger partial charge in [-0.1, -0.05) is 0 Å². The fourth-order valence-electron chi connectivity index (χ4n) is 5.45. The van der Waals surface area contributed by atoms with Crippen LogP contribution in [0.15, 0.2) is 18.6 Å². The van der Waals surface area contributed by atoms with Crippen LogP contribution in [0.25, 0.3) is 11.0 Å². The van der Waals surface area contributed by atoms with E-state index in [1.54, 1.807) is 10.6 Å². The number of H-pyrrole nitrogens is 1. The molecule has 3 aliphatic rings. The Labute approximate surface area is 197 Å². The van der Waals surface area contributed by atoms with Gasteiger partial charge in [0.25, 0.3) is 0 Å². The second kappa shape index (κ2) is 9.88. The molecule has 0 aromatic carbocycles. The molecule has 0 atom stereocenters. The van der Waals surface area contributed by atoms with E-state index < -0.39 is 10.0 Å². The van der Waals surface area contributed by atoms with Crippen molar-refractivity contribution >= 4 is 26.9 Å². The molecule has 3 fully saturated rings. The van der Waals surface area contributed by atoms with Crippen LogP contribution in [0.1, 0.15) is 51.4 Å². The molecule has 33 heavy (non-hydrogen) atoms. The van der Waals surface area contributed by atoms with Gasteiger partial charge >= 0.3 is 0 Å². The number of hydrogen-bond donors (Lipinski definition) is 1. The fourth-order valence-corrected chi connectivity index (χ4v) is 7.36. The number of nitrogens with one attached hydrogen (secondary N) is 1. The molecule has 8 nitrogen and oxygen atoms in total. The van der Waals surface area contributed by atoms with Crippen LogP contribution in [-0.2, 0) is 14.8 Å². The first-order valence-electron chi connectivity index (χ1n) is 12.6. The highest BCUT2D eigenvalue weighted by atomic mass is 32.2. The summed E-state index contributed by atoms with van der Waals surface area (Å²) in [7, 11) is -1.10. The number of piperidine rings is 1. The van der Waals surface area contributed by atoms with Gasteiger partial charge in [-0.05, 0) is 75.2 Å². The van der Waals surface area contributed by atoms with Gasteiger partial charge in [0.1, 0.15) is 17.8 Å². The minimum Gasteiger partial charge on any atom is -0.381 e. The van der Waals surface area contributed by atoms with Crippen LogP contribution >= 0.6 is 0 Å². The smallest absolute Gasteiger partial charge is 0.214 e. The molecule has 2 aliphatic carbocycles. The molecular weight excluding hydrogens is 438 g/mol. The topological polar surface area (TPSA) is 91.4 Å². The molecule has 5 rings (SSSR count). The standard InChI is InChI=1S/C24H37N5O3S/c1-28(24-22-8-11-25-23(22)26-17-27-24)21-6-4-20(5-7-21)16-33(30,31)29-12-9-19(10-13-29)15-32-14-18-2-3-18/h8,11,17-21H,2-7,9-10,12-16H2,1H3,(H,25,26,27). The van der Waals surface area contributed by atoms with Gasteiger partial charge in [-0.3, -0.25) is 0 Å². The van der Waals surface area contributed by atoms with Crippen LogP contribution in [0, 0.1) is 17.8 Å². The van der Waals surface area contributed by atoms with Gasteiger partial charge in [0.15, 0.2) is 0 Å². The maximum atomic E-state index is 13.1. The summed E-state index contributed by atoms with van der Waals surface area (Å²) < 4.78 is 33.8. The van der Waals surface area contributed by atoms with Crippen LogP contribution in [0.5, 0.6) is 0 Å². The summed E-state index contributed by atoms with van der Waals surface area (Å²) in [5.41, 5.74) is 0.852. The molecule has 1 saturated heterocycles. The van der Waals surface area contributed by atoms with Crippen molar-refractivity contribution in [2.24, 2.45) is 17.8 Å². The number of rotatable bonds is 9. The van der Waals surface area contributed by atoms with Crippen molar-refractivity contribution in [2.75, 3.05) is 44.0 Å². The van der Waals surface area contributed by atoms with E-state index in [-0.39, 0.29) is 5.92 Å². The molecule has 3 heterocycles. The number of aromatic nitrogens is 3. The molecule has 1 aliphatic heterocycles. The summed E-state index contributed by atoms with van der Waals surface area (Å²) in [5.74, 6) is 2.78. The molecule has 0 spiro atoms. The maximum Gasteiger partial charge on any atom is 0.214 e. The van der Waals surface area contributed by atoms with E-state index in [1.165, 1.54) is 12.8 Å². The van der Waals surface area contributed by atoms with Crippen LogP contribution < -0.4 is 4.90 Å². The second-order valence-electron chi connectivity index (χ2n) is 10.3. The third-order valence-electron chi connectivity index (χ3n) is 7.85. The quantitative estimate of drug-likeness (QED) is 0.598. The van der Waals surface area contributed by atoms with Gasteiger partial charge in [-0.25, -0.2) is 22.7 Å². The third kappa shape index (κ3) is 5.52. The summed E-state index contributed by atoms with van der Waals surface area (Å²) in [4.78, 5) is 14.2. The van der Waals surface area contributed by atoms with Crippen molar-refractivity contribution in [2.45, 2.75) is 57.4 Å². The lowest BCUT2D eigenvalue weighted by atomic mass is 9.86. The molecule has 0 bridgehead atoms. The summed E-state index contributed by atoms with van der Waals surface area (Å²) in [5, 5.41) is 1.03. The lowest BCUT2D eigenvalue weighted by molar-refractivity contribution is 0.0728. The fraction of sp³-hybridized carbons (Fsp3) is 0.750. The number of ether oxygens (including phenoxy) is 1. The first-order valence-corrected chi connectivity index (χ1v) is 14.2. The first-order chi connectivity index (χ1) is 16.0. The van der Waals surface area contributed by atoms with Crippen LogP contribution in [0.4, 0.5) is 5.82 Å². The van der Waals surface area contributed by atoms with Crippen molar-refractivity contribution in [1.29, 1.82) is 0 Å². The van der Waals surface area contributed by atoms with Crippen molar-refractivity contribution < 1.29 is 13.2 Å². The summed E-state index contributed by atoms with van der Waals surface area (Å²) in [6.07, 6.45) is 11.8. The number of sulfonamides is 1. The molecule has 0 amide bonds. The first kappa shape index (κ1) is 23.1. The van der Waals surface area contributed by atoms with E-state index in [4.69, 9.17) is 4.74 Å². The maximum absolute atomic E-state index is 13.1. The van der Waals surface area contributed by atoms with E-state index >= 15 is 0 Å². The summed E-state index contributed by atoms with van der Waals surface area (Å²) >= 11 is 0. The highest BCUT2D eigenvalue weighted by Crippen LogP contribution is 2.33. The van der Waals surface area contributed by atoms with Crippen molar-refractivity contribution in [3.05, 3.63) is 18.6 Å². The molecular formula is C24H37N5O3S. The van der Waals surface area contributed by atoms with Gasteiger partial charge < -0.3 is 14.6 Å². The van der Waals surface area contributed by atoms with Crippen molar-refractivity contribution in [3.8, 4) is 0 Å². The van der Waals surface area contributed by atoms with Gasteiger partial charge in [0.05, 0.1) is 11.1 Å². The molecule has 2 aromatic rings. The number of nitrogens with zero attached hydrogens (tertiary/aromatic N) is 4. The Morgan fingerprint density at radius 2 is 1.67 bits per heavy atom. The number of anilines is 1. The van der Waals surface area contributed by atoms with Crippen LogP contribution in [-0.4, -0.2) is 72.8 Å². The SMILES string of the molecule is CN(c1ncnc2[nH]ccc12)C1CCC(CS(=O)(=O)N2CCC(COCC3CC3)CC2)CC1. The predicted molar refractivity (Wildman–Crippen MR) is 130 cm³/mol. The molecule has 0 radical (unpaired) electrons. The molecule has 182 valence electrons. The Kier molecular flexibility index (Phi) is 6.90. The van der Waals surface area contributed by atoms with Crippen molar-refractivity contribution in [1.82, 2.24) is 19.3 Å². The predicted octanol–water partition coefficient (Wildman–Crippen LogP) is 3.42. The van der Waals surface area contributed by atoms with Crippen molar-refractivity contribution in [3.63, 3.8) is 0 Å². The van der Waals surface area contributed by atoms with Gasteiger partial charge in [-0.15, -0.1) is 0 Å². The van der Waals surface area contributed by atoms with Gasteiger partial charge in [0.2, 0.25) is 10.0 Å². The minimum atomic E-state index is -3.19. The monoisotopic (exact) mass is 475 g/mol. The Hall–Kier alpha value is -1.71. The Morgan fingerprint density at radius 3 is 2.36 bits per heavy atom. The van der Waals surface area contributed by atoms with E-state index in [0.29, 0.717) is 30.8 Å². The molecule has 0 unspecified atom stereocenters. The van der Waals surface area contributed by atoms with E-state index in [9.17, 15) is 8.42 Å². The Balaban J connectivity index is 1.08. The largest absolute Gasteiger partial charge is 0.381 e. The van der Waals surface area contributed by atoms with Gasteiger partial charge in [0, 0.05) is 45.6 Å². The number of hydrogen-bond acceptors (Lipinski definition) is 6. The normalized spacial score (nSPS) is 25.5. The van der Waals surface area contributed by atoms with E-state index in [2.05, 4.69) is 26.9 Å². The zero-order chi connectivity index (χ0) is 22.8. The van der Waals surface area contributed by atoms with Crippen LogP contribution in [0.2, 0.25) is 0 Å². The zero-order valence-corrected chi connectivity index (χ0v) is 20.5. The van der Waals surface area contributed by atoms with Crippen LogP contribution in [0.3, 0.4) is 0 Å². The summed E-state index contributed by atoms with van der Waals surface area (Å²) in [6.45, 7) is 2.99. The average Bonchev–Trinajstić information content (AvgIpc) is 3.52. The highest BCUT2D eigenvalue weighted by molar-refractivity contribution is 7.89. The average molecular weight is 476 g/mol. The lowest BCUT2D eigenvalue weighted by Gasteiger charge is -2.36. The Bertz CT molecular complexity index is 1020. The third-order valence-corrected chi connectivity index (χ3v) is 9.89. The van der Waals surface area contributed by atoms with E-state index in [0.717, 1.165) is 74.5 Å². The second-order valence-corrected chi connectivity index (χ2v) is 12.3. The number of fused-ring (bicyclic) bond motifs is 1. The molecule has 1 N–H and O–H groups in total. The molecule has 2 aromatic heterocycles. The number of aromatic amines is 1. The molecule has 9 heteroatoms. The van der Waals surface area contributed by atoms with E-state index in [1.807, 2.05) is 12.3 Å². The molecule has 2 saturated carbocycles. The zero-order valence-electron chi connectivity index (χ0n) is 19.7.